The predicted octanol–water partition coefficient (Wildman–Crippen LogP) is 3.40. The van der Waals surface area contributed by atoms with Gasteiger partial charge in [0.1, 0.15) is 11.5 Å². The van der Waals surface area contributed by atoms with Gasteiger partial charge in [0.2, 0.25) is 0 Å². The number of Topliss-reactive ketones (excluding diaryl/α,β-unsaturated/α-hetero) is 1. The SMILES string of the molecule is CC1=C(C)[C@@]2(C)c3c(O)ccc(O)c3[C@H]1C(=O)C2(C)C. The molecule has 1 aromatic rings. The molecule has 0 spiro atoms. The van der Waals surface area contributed by atoms with Crippen LogP contribution in [0.15, 0.2) is 23.3 Å². The number of hydrogen-bond donors (Lipinski definition) is 2. The summed E-state index contributed by atoms with van der Waals surface area (Å²) in [7, 11) is 0. The first-order valence-electron chi connectivity index (χ1n) is 6.93. The maximum absolute atomic E-state index is 12.9. The van der Waals surface area contributed by atoms with Crippen molar-refractivity contribution in [3.8, 4) is 11.5 Å². The molecule has 1 aromatic carbocycles. The number of allylic oxidation sites excluding steroid dienone is 2. The lowest BCUT2D eigenvalue weighted by molar-refractivity contribution is -0.133. The maximum atomic E-state index is 12.9. The van der Waals surface area contributed by atoms with E-state index in [1.54, 1.807) is 0 Å². The molecule has 0 heterocycles. The summed E-state index contributed by atoms with van der Waals surface area (Å²) in [6.45, 7) is 9.85. The van der Waals surface area contributed by atoms with Crippen LogP contribution in [0.2, 0.25) is 0 Å². The van der Waals surface area contributed by atoms with Crippen LogP contribution in [0, 0.1) is 5.41 Å². The van der Waals surface area contributed by atoms with Gasteiger partial charge in [0.15, 0.2) is 5.78 Å². The lowest BCUT2D eigenvalue weighted by atomic mass is 9.45. The highest BCUT2D eigenvalue weighted by molar-refractivity contribution is 6.01. The van der Waals surface area contributed by atoms with Crippen molar-refractivity contribution in [1.82, 2.24) is 0 Å². The van der Waals surface area contributed by atoms with Crippen LogP contribution in [0.1, 0.15) is 51.7 Å². The summed E-state index contributed by atoms with van der Waals surface area (Å²) >= 11 is 0. The molecule has 0 radical (unpaired) electrons. The number of phenols is 2. The fourth-order valence-electron chi connectivity index (χ4n) is 4.15. The number of carbonyl (C=O) groups excluding carboxylic acids is 1. The van der Waals surface area contributed by atoms with Crippen LogP contribution in [-0.4, -0.2) is 16.0 Å². The third kappa shape index (κ3) is 1.11. The maximum Gasteiger partial charge on any atom is 0.151 e. The summed E-state index contributed by atoms with van der Waals surface area (Å²) < 4.78 is 0. The number of ketones is 1. The Labute approximate surface area is 118 Å². The second-order valence-corrected chi connectivity index (χ2v) is 6.75. The molecule has 0 aliphatic heterocycles. The number of aromatic hydroxyl groups is 2. The number of rotatable bonds is 0. The van der Waals surface area contributed by atoms with Gasteiger partial charge in [-0.2, -0.15) is 0 Å². The molecular formula is C17H20O3. The van der Waals surface area contributed by atoms with E-state index < -0.39 is 16.7 Å². The van der Waals surface area contributed by atoms with E-state index in [2.05, 4.69) is 0 Å². The number of phenolic OH excluding ortho intramolecular Hbond substituents is 2. The highest BCUT2D eigenvalue weighted by atomic mass is 16.3. The molecular weight excluding hydrogens is 252 g/mol. The van der Waals surface area contributed by atoms with Crippen LogP contribution >= 0.6 is 0 Å². The quantitative estimate of drug-likeness (QED) is 0.562. The third-order valence-corrected chi connectivity index (χ3v) is 5.89. The van der Waals surface area contributed by atoms with E-state index in [1.165, 1.54) is 12.1 Å². The summed E-state index contributed by atoms with van der Waals surface area (Å²) in [4.78, 5) is 12.9. The molecule has 3 nitrogen and oxygen atoms in total. The summed E-state index contributed by atoms with van der Waals surface area (Å²) in [6.07, 6.45) is 0. The van der Waals surface area contributed by atoms with Gasteiger partial charge >= 0.3 is 0 Å². The molecule has 0 aromatic heterocycles. The molecule has 4 rings (SSSR count). The fourth-order valence-corrected chi connectivity index (χ4v) is 4.15. The van der Waals surface area contributed by atoms with Crippen LogP contribution in [0.4, 0.5) is 0 Å². The number of fused-ring (bicyclic) bond motifs is 1. The largest absolute Gasteiger partial charge is 0.508 e. The van der Waals surface area contributed by atoms with Gasteiger partial charge in [0, 0.05) is 22.0 Å². The minimum Gasteiger partial charge on any atom is -0.508 e. The van der Waals surface area contributed by atoms with Crippen LogP contribution in [-0.2, 0) is 10.2 Å². The van der Waals surface area contributed by atoms with E-state index in [1.807, 2.05) is 34.6 Å². The van der Waals surface area contributed by atoms with Crippen molar-refractivity contribution >= 4 is 5.78 Å². The van der Waals surface area contributed by atoms with Crippen molar-refractivity contribution < 1.29 is 15.0 Å². The topological polar surface area (TPSA) is 57.5 Å². The van der Waals surface area contributed by atoms with E-state index in [4.69, 9.17) is 0 Å². The molecule has 0 amide bonds. The van der Waals surface area contributed by atoms with Crippen LogP contribution < -0.4 is 0 Å². The highest BCUT2D eigenvalue weighted by Gasteiger charge is 2.61. The van der Waals surface area contributed by atoms with Gasteiger partial charge in [-0.1, -0.05) is 31.9 Å². The highest BCUT2D eigenvalue weighted by Crippen LogP contribution is 2.65. The van der Waals surface area contributed by atoms with E-state index >= 15 is 0 Å². The van der Waals surface area contributed by atoms with Crippen molar-refractivity contribution in [3.63, 3.8) is 0 Å². The molecule has 106 valence electrons. The third-order valence-electron chi connectivity index (χ3n) is 5.89. The van der Waals surface area contributed by atoms with Crippen LogP contribution in [0.3, 0.4) is 0 Å². The molecule has 3 aliphatic rings. The standard InChI is InChI=1S/C17H20O3/c1-8-9(2)17(5)14-11(19)7-6-10(18)13(14)12(8)15(20)16(17,3)4/h6-7,12,18-19H,1-5H3/t12-,17-/m0/s1. The Kier molecular flexibility index (Phi) is 2.29. The molecule has 3 aliphatic carbocycles. The summed E-state index contributed by atoms with van der Waals surface area (Å²) in [5.41, 5.74) is 2.27. The van der Waals surface area contributed by atoms with E-state index in [9.17, 15) is 15.0 Å². The van der Waals surface area contributed by atoms with Crippen molar-refractivity contribution in [3.05, 3.63) is 34.4 Å². The molecule has 2 atom stereocenters. The number of hydrogen-bond acceptors (Lipinski definition) is 3. The van der Waals surface area contributed by atoms with Crippen molar-refractivity contribution in [1.29, 1.82) is 0 Å². The Bertz CT molecular complexity index is 682. The van der Waals surface area contributed by atoms with Gasteiger partial charge in [-0.3, -0.25) is 4.79 Å². The zero-order valence-electron chi connectivity index (χ0n) is 12.5. The average molecular weight is 272 g/mol. The second kappa shape index (κ2) is 3.46. The average Bonchev–Trinajstić information content (AvgIpc) is 2.38. The van der Waals surface area contributed by atoms with Crippen molar-refractivity contribution in [2.75, 3.05) is 0 Å². The molecule has 3 heteroatoms. The number of carbonyl (C=O) groups is 1. The fraction of sp³-hybridized carbons (Fsp3) is 0.471. The van der Waals surface area contributed by atoms with E-state index in [0.717, 1.165) is 16.7 Å². The Hall–Kier alpha value is -1.77. The molecule has 2 bridgehead atoms. The van der Waals surface area contributed by atoms with Crippen molar-refractivity contribution in [2.45, 2.75) is 46.0 Å². The van der Waals surface area contributed by atoms with E-state index in [-0.39, 0.29) is 17.3 Å². The molecule has 0 saturated carbocycles. The van der Waals surface area contributed by atoms with Gasteiger partial charge in [-0.25, -0.2) is 0 Å². The molecule has 0 fully saturated rings. The van der Waals surface area contributed by atoms with Gasteiger partial charge in [0.05, 0.1) is 5.92 Å². The molecule has 2 N–H and O–H groups in total. The Morgan fingerprint density at radius 3 is 2.20 bits per heavy atom. The van der Waals surface area contributed by atoms with Crippen LogP contribution in [0.5, 0.6) is 11.5 Å². The second-order valence-electron chi connectivity index (χ2n) is 6.75. The zero-order valence-corrected chi connectivity index (χ0v) is 12.5. The first kappa shape index (κ1) is 13.2. The Balaban J connectivity index is 2.53. The van der Waals surface area contributed by atoms with Crippen molar-refractivity contribution in [2.24, 2.45) is 5.41 Å². The van der Waals surface area contributed by atoms with Gasteiger partial charge in [-0.15, -0.1) is 0 Å². The molecule has 0 unspecified atom stereocenters. The number of benzene rings is 1. The first-order chi connectivity index (χ1) is 9.15. The smallest absolute Gasteiger partial charge is 0.151 e. The minimum atomic E-state index is -0.598. The molecule has 20 heavy (non-hydrogen) atoms. The van der Waals surface area contributed by atoms with Gasteiger partial charge in [0.25, 0.3) is 0 Å². The summed E-state index contributed by atoms with van der Waals surface area (Å²) in [6, 6.07) is 2.99. The minimum absolute atomic E-state index is 0.102. The summed E-state index contributed by atoms with van der Waals surface area (Å²) in [5.74, 6) is -0.0483. The predicted molar refractivity (Wildman–Crippen MR) is 77.0 cm³/mol. The molecule has 0 saturated heterocycles. The van der Waals surface area contributed by atoms with Crippen LogP contribution in [0.25, 0.3) is 0 Å². The zero-order chi connectivity index (χ0) is 15.0. The monoisotopic (exact) mass is 272 g/mol. The lowest BCUT2D eigenvalue weighted by Gasteiger charge is -2.56. The van der Waals surface area contributed by atoms with Gasteiger partial charge in [-0.05, 0) is 26.0 Å². The summed E-state index contributed by atoms with van der Waals surface area (Å²) in [5, 5.41) is 20.6. The van der Waals surface area contributed by atoms with E-state index in [0.29, 0.717) is 5.56 Å². The Morgan fingerprint density at radius 2 is 1.60 bits per heavy atom. The first-order valence-corrected chi connectivity index (χ1v) is 6.93. The Morgan fingerprint density at radius 1 is 1.05 bits per heavy atom. The lowest BCUT2D eigenvalue weighted by Crippen LogP contribution is -2.56. The normalized spacial score (nSPS) is 30.6. The van der Waals surface area contributed by atoms with Gasteiger partial charge < -0.3 is 10.2 Å².